The predicted molar refractivity (Wildman–Crippen MR) is 151 cm³/mol. The number of carbonyl (C=O) groups is 1. The van der Waals surface area contributed by atoms with Crippen LogP contribution in [0.15, 0.2) is 47.4 Å². The minimum atomic E-state index is -0.344. The SMILES string of the molecule is Cn1cc(Nc2nccc(-c3ccc4c(c3)CN([C@@H]3CCOC3)CC[C@H]4NC(=O)c3noc(C(C)(C)C)n3)n2)cn1. The number of nitrogens with one attached hydrogen (secondary N) is 2. The van der Waals surface area contributed by atoms with Crippen LogP contribution in [0.1, 0.15) is 67.3 Å². The van der Waals surface area contributed by atoms with Crippen LogP contribution in [0.4, 0.5) is 11.6 Å². The highest BCUT2D eigenvalue weighted by atomic mass is 16.5. The predicted octanol–water partition coefficient (Wildman–Crippen LogP) is 3.77. The van der Waals surface area contributed by atoms with Gasteiger partial charge in [-0.3, -0.25) is 14.4 Å². The van der Waals surface area contributed by atoms with Gasteiger partial charge in [0.15, 0.2) is 0 Å². The van der Waals surface area contributed by atoms with Gasteiger partial charge >= 0.3 is 0 Å². The number of rotatable bonds is 6. The molecule has 0 bridgehead atoms. The quantitative estimate of drug-likeness (QED) is 0.361. The number of anilines is 2. The summed E-state index contributed by atoms with van der Waals surface area (Å²) in [5, 5.41) is 14.5. The summed E-state index contributed by atoms with van der Waals surface area (Å²) in [6.45, 7) is 8.99. The van der Waals surface area contributed by atoms with E-state index in [1.54, 1.807) is 17.1 Å². The number of carbonyl (C=O) groups excluding carboxylic acids is 1. The van der Waals surface area contributed by atoms with Crippen LogP contribution in [0.25, 0.3) is 11.3 Å². The Labute approximate surface area is 238 Å². The molecule has 6 rings (SSSR count). The summed E-state index contributed by atoms with van der Waals surface area (Å²) in [6.07, 6.45) is 7.10. The minimum Gasteiger partial charge on any atom is -0.380 e. The van der Waals surface area contributed by atoms with E-state index in [4.69, 9.17) is 14.2 Å². The Morgan fingerprint density at radius 1 is 1.15 bits per heavy atom. The standard InChI is InChI=1S/C29H35N9O3/c1-29(2,3)27-35-25(36-41-27)26(39)33-24-8-11-38(21-9-12-40-17-21)15-19-13-18(5-6-22(19)24)23-7-10-30-28(34-23)32-20-14-31-37(4)16-20/h5-7,10,13-14,16,21,24H,8-9,11-12,15,17H2,1-4H3,(H,33,39)(H,30,32,34)/t21-,24-/m1/s1. The Kier molecular flexibility index (Phi) is 7.26. The first kappa shape index (κ1) is 27.0. The van der Waals surface area contributed by atoms with E-state index in [9.17, 15) is 4.79 Å². The second kappa shape index (κ2) is 11.0. The molecule has 2 aliphatic rings. The van der Waals surface area contributed by atoms with E-state index < -0.39 is 0 Å². The fraction of sp³-hybridized carbons (Fsp3) is 0.448. The molecule has 0 radical (unpaired) electrons. The molecule has 1 amide bonds. The molecule has 1 saturated heterocycles. The molecule has 41 heavy (non-hydrogen) atoms. The van der Waals surface area contributed by atoms with Crippen molar-refractivity contribution in [3.63, 3.8) is 0 Å². The van der Waals surface area contributed by atoms with Gasteiger partial charge in [0, 0.05) is 56.2 Å². The lowest BCUT2D eigenvalue weighted by Crippen LogP contribution is -2.36. The van der Waals surface area contributed by atoms with Crippen molar-refractivity contribution < 1.29 is 14.1 Å². The number of aryl methyl sites for hydroxylation is 1. The van der Waals surface area contributed by atoms with Crippen molar-refractivity contribution in [1.82, 2.24) is 40.1 Å². The summed E-state index contributed by atoms with van der Waals surface area (Å²) in [7, 11) is 1.86. The molecule has 12 nitrogen and oxygen atoms in total. The molecule has 2 N–H and O–H groups in total. The van der Waals surface area contributed by atoms with Gasteiger partial charge in [-0.05, 0) is 36.1 Å². The third-order valence-electron chi connectivity index (χ3n) is 7.51. The van der Waals surface area contributed by atoms with Crippen LogP contribution in [-0.2, 0) is 23.7 Å². The van der Waals surface area contributed by atoms with Crippen molar-refractivity contribution in [2.24, 2.45) is 7.05 Å². The minimum absolute atomic E-state index is 0.0491. The van der Waals surface area contributed by atoms with Crippen LogP contribution in [0, 0.1) is 0 Å². The molecule has 2 aliphatic heterocycles. The lowest BCUT2D eigenvalue weighted by atomic mass is 9.96. The molecular weight excluding hydrogens is 522 g/mol. The summed E-state index contributed by atoms with van der Waals surface area (Å²) >= 11 is 0. The van der Waals surface area contributed by atoms with Gasteiger partial charge < -0.3 is 19.9 Å². The van der Waals surface area contributed by atoms with Crippen molar-refractivity contribution >= 4 is 17.5 Å². The Bertz CT molecular complexity index is 1530. The summed E-state index contributed by atoms with van der Waals surface area (Å²) in [6, 6.07) is 8.36. The van der Waals surface area contributed by atoms with E-state index in [2.05, 4.69) is 54.0 Å². The normalized spacial score (nSPS) is 19.5. The molecule has 2 atom stereocenters. The largest absolute Gasteiger partial charge is 0.380 e. The highest BCUT2D eigenvalue weighted by Crippen LogP contribution is 2.33. The number of nitrogens with zero attached hydrogens (tertiary/aromatic N) is 7. The van der Waals surface area contributed by atoms with Crippen molar-refractivity contribution in [3.8, 4) is 11.3 Å². The molecule has 0 aliphatic carbocycles. The van der Waals surface area contributed by atoms with E-state index in [1.807, 2.05) is 40.1 Å². The topological polar surface area (TPSA) is 136 Å². The molecule has 0 unspecified atom stereocenters. The highest BCUT2D eigenvalue weighted by molar-refractivity contribution is 5.90. The Balaban J connectivity index is 1.28. The number of hydrogen-bond acceptors (Lipinski definition) is 10. The summed E-state index contributed by atoms with van der Waals surface area (Å²) in [5.74, 6) is 0.634. The van der Waals surface area contributed by atoms with E-state index >= 15 is 0 Å². The van der Waals surface area contributed by atoms with Gasteiger partial charge in [0.05, 0.1) is 30.2 Å². The van der Waals surface area contributed by atoms with Crippen LogP contribution in [0.3, 0.4) is 0 Å². The third kappa shape index (κ3) is 5.98. The van der Waals surface area contributed by atoms with E-state index in [-0.39, 0.29) is 23.2 Å². The second-order valence-electron chi connectivity index (χ2n) is 11.7. The van der Waals surface area contributed by atoms with Crippen LogP contribution in [0.2, 0.25) is 0 Å². The first-order chi connectivity index (χ1) is 19.7. The fourth-order valence-corrected chi connectivity index (χ4v) is 5.30. The highest BCUT2D eigenvalue weighted by Gasteiger charge is 2.31. The van der Waals surface area contributed by atoms with Crippen molar-refractivity contribution in [3.05, 3.63) is 65.7 Å². The number of hydrogen-bond donors (Lipinski definition) is 2. The zero-order valence-electron chi connectivity index (χ0n) is 23.8. The molecule has 214 valence electrons. The monoisotopic (exact) mass is 557 g/mol. The molecular formula is C29H35N9O3. The van der Waals surface area contributed by atoms with E-state index in [1.165, 1.54) is 0 Å². The molecule has 3 aromatic heterocycles. The van der Waals surface area contributed by atoms with Gasteiger partial charge in [-0.1, -0.05) is 38.1 Å². The number of amides is 1. The van der Waals surface area contributed by atoms with Crippen LogP contribution < -0.4 is 10.6 Å². The number of fused-ring (bicyclic) bond motifs is 1. The van der Waals surface area contributed by atoms with Gasteiger partial charge in [-0.25, -0.2) is 9.97 Å². The average molecular weight is 558 g/mol. The smallest absolute Gasteiger partial charge is 0.293 e. The molecule has 4 aromatic rings. The maximum atomic E-state index is 13.2. The fourth-order valence-electron chi connectivity index (χ4n) is 5.30. The first-order valence-corrected chi connectivity index (χ1v) is 13.9. The average Bonchev–Trinajstić information content (AvgIpc) is 3.71. The van der Waals surface area contributed by atoms with E-state index in [0.29, 0.717) is 17.9 Å². The van der Waals surface area contributed by atoms with Gasteiger partial charge in [0.1, 0.15) is 0 Å². The Morgan fingerprint density at radius 3 is 2.76 bits per heavy atom. The Morgan fingerprint density at radius 2 is 2.02 bits per heavy atom. The Hall–Kier alpha value is -4.16. The van der Waals surface area contributed by atoms with Crippen LogP contribution in [0.5, 0.6) is 0 Å². The summed E-state index contributed by atoms with van der Waals surface area (Å²) in [5.41, 5.74) is 4.47. The molecule has 0 saturated carbocycles. The second-order valence-corrected chi connectivity index (χ2v) is 11.7. The number of benzene rings is 1. The summed E-state index contributed by atoms with van der Waals surface area (Å²) < 4.78 is 12.8. The van der Waals surface area contributed by atoms with Gasteiger partial charge in [0.25, 0.3) is 11.7 Å². The molecule has 1 fully saturated rings. The van der Waals surface area contributed by atoms with Crippen molar-refractivity contribution in [2.75, 3.05) is 25.1 Å². The van der Waals surface area contributed by atoms with Gasteiger partial charge in [-0.15, -0.1) is 0 Å². The van der Waals surface area contributed by atoms with Crippen LogP contribution >= 0.6 is 0 Å². The van der Waals surface area contributed by atoms with Crippen molar-refractivity contribution in [1.29, 1.82) is 0 Å². The zero-order chi connectivity index (χ0) is 28.6. The molecule has 0 spiro atoms. The number of aromatic nitrogens is 6. The van der Waals surface area contributed by atoms with Crippen molar-refractivity contribution in [2.45, 2.75) is 57.7 Å². The molecule has 12 heteroatoms. The maximum absolute atomic E-state index is 13.2. The van der Waals surface area contributed by atoms with Gasteiger partial charge in [0.2, 0.25) is 11.8 Å². The zero-order valence-corrected chi connectivity index (χ0v) is 23.8. The first-order valence-electron chi connectivity index (χ1n) is 13.9. The maximum Gasteiger partial charge on any atom is 0.293 e. The lowest BCUT2D eigenvalue weighted by molar-refractivity contribution is 0.0915. The third-order valence-corrected chi connectivity index (χ3v) is 7.51. The molecule has 1 aromatic carbocycles. The summed E-state index contributed by atoms with van der Waals surface area (Å²) in [4.78, 5) is 29.2. The van der Waals surface area contributed by atoms with Gasteiger partial charge in [-0.2, -0.15) is 10.1 Å². The van der Waals surface area contributed by atoms with Crippen LogP contribution in [-0.4, -0.2) is 66.5 Å². The molecule has 5 heterocycles. The lowest BCUT2D eigenvalue weighted by Gasteiger charge is -2.26. The van der Waals surface area contributed by atoms with E-state index in [0.717, 1.165) is 67.2 Å². The number of ether oxygens (including phenoxy) is 1.